The fraction of sp³-hybridized carbons (Fsp3) is 0.632. The van der Waals surface area contributed by atoms with Gasteiger partial charge in [0.25, 0.3) is 0 Å². The van der Waals surface area contributed by atoms with Gasteiger partial charge in [0.15, 0.2) is 0 Å². The van der Waals surface area contributed by atoms with E-state index in [9.17, 15) is 4.79 Å². The van der Waals surface area contributed by atoms with Crippen molar-refractivity contribution in [2.45, 2.75) is 46.0 Å². The molecule has 0 radical (unpaired) electrons. The average molecular weight is 305 g/mol. The highest BCUT2D eigenvalue weighted by Gasteiger charge is 2.38. The zero-order chi connectivity index (χ0) is 16.8. The first-order chi connectivity index (χ1) is 10.3. The molecule has 0 amide bonds. The molecule has 0 aromatic heterocycles. The number of carboxylic acid groups (broad SMARTS) is 1. The number of hydrogen-bond donors (Lipinski definition) is 2. The molecule has 0 unspecified atom stereocenters. The van der Waals surface area contributed by atoms with E-state index < -0.39 is 5.97 Å². The number of nitrogens with one attached hydrogen (secondary N) is 1. The first-order valence-electron chi connectivity index (χ1n) is 8.19. The number of rotatable bonds is 9. The number of aliphatic carboxylic acids is 1. The van der Waals surface area contributed by atoms with Crippen LogP contribution in [0, 0.1) is 17.3 Å². The van der Waals surface area contributed by atoms with Crippen molar-refractivity contribution in [1.29, 1.82) is 0 Å². The molecule has 0 bridgehead atoms. The second-order valence-corrected chi connectivity index (χ2v) is 6.91. The maximum Gasteiger partial charge on any atom is 0.303 e. The van der Waals surface area contributed by atoms with Gasteiger partial charge in [-0.05, 0) is 56.4 Å². The van der Waals surface area contributed by atoms with E-state index in [1.54, 1.807) is 0 Å². The number of allylic oxidation sites excluding steroid dienone is 2. The van der Waals surface area contributed by atoms with Crippen molar-refractivity contribution in [3.8, 4) is 0 Å². The largest absolute Gasteiger partial charge is 0.481 e. The number of hydrogen-bond acceptors (Lipinski definition) is 2. The van der Waals surface area contributed by atoms with Gasteiger partial charge in [0.2, 0.25) is 0 Å². The molecule has 1 aliphatic rings. The van der Waals surface area contributed by atoms with Crippen molar-refractivity contribution in [2.75, 3.05) is 13.1 Å². The van der Waals surface area contributed by atoms with E-state index in [2.05, 4.69) is 45.0 Å². The molecule has 1 rings (SSSR count). The molecule has 2 N–H and O–H groups in total. The minimum Gasteiger partial charge on any atom is -0.481 e. The monoisotopic (exact) mass is 305 g/mol. The summed E-state index contributed by atoms with van der Waals surface area (Å²) in [5.74, 6) is 0.245. The van der Waals surface area contributed by atoms with E-state index in [0.717, 1.165) is 32.4 Å². The van der Waals surface area contributed by atoms with Crippen LogP contribution in [0.25, 0.3) is 0 Å². The fourth-order valence-corrected chi connectivity index (χ4v) is 3.47. The van der Waals surface area contributed by atoms with Gasteiger partial charge in [0.05, 0.1) is 0 Å². The van der Waals surface area contributed by atoms with Gasteiger partial charge in [-0.3, -0.25) is 4.79 Å². The predicted molar refractivity (Wildman–Crippen MR) is 92.8 cm³/mol. The van der Waals surface area contributed by atoms with Crippen molar-refractivity contribution in [2.24, 2.45) is 17.3 Å². The first-order valence-corrected chi connectivity index (χ1v) is 8.19. The molecule has 22 heavy (non-hydrogen) atoms. The van der Waals surface area contributed by atoms with Crippen LogP contribution in [0.3, 0.4) is 0 Å². The third-order valence-corrected chi connectivity index (χ3v) is 5.08. The third-order valence-electron chi connectivity index (χ3n) is 5.08. The van der Waals surface area contributed by atoms with E-state index in [0.29, 0.717) is 18.3 Å². The van der Waals surface area contributed by atoms with Crippen molar-refractivity contribution in [3.63, 3.8) is 0 Å². The molecule has 3 nitrogen and oxygen atoms in total. The molecule has 0 aromatic carbocycles. The Morgan fingerprint density at radius 2 is 2.14 bits per heavy atom. The van der Waals surface area contributed by atoms with Gasteiger partial charge in [0.1, 0.15) is 0 Å². The number of carbonyl (C=O) groups is 1. The van der Waals surface area contributed by atoms with Crippen LogP contribution < -0.4 is 5.32 Å². The van der Waals surface area contributed by atoms with E-state index >= 15 is 0 Å². The molecule has 124 valence electrons. The minimum atomic E-state index is -0.735. The zero-order valence-corrected chi connectivity index (χ0v) is 14.2. The smallest absolute Gasteiger partial charge is 0.303 e. The summed E-state index contributed by atoms with van der Waals surface area (Å²) in [4.78, 5) is 10.5. The lowest BCUT2D eigenvalue weighted by atomic mass is 9.61. The molecule has 0 aromatic rings. The molecule has 3 atom stereocenters. The van der Waals surface area contributed by atoms with Gasteiger partial charge in [-0.15, -0.1) is 6.58 Å². The van der Waals surface area contributed by atoms with Gasteiger partial charge in [-0.1, -0.05) is 37.3 Å². The molecule has 0 spiro atoms. The Labute approximate surface area is 135 Å². The quantitative estimate of drug-likeness (QED) is 0.496. The lowest BCUT2D eigenvalue weighted by molar-refractivity contribution is -0.137. The highest BCUT2D eigenvalue weighted by atomic mass is 16.4. The summed E-state index contributed by atoms with van der Waals surface area (Å²) in [6.07, 6.45) is 6.33. The standard InChI is InChI=1S/C19H31NO2/c1-6-19(5)10-9-16(12-17(19)14(2)3)15(4)13-20-11-7-8-18(21)22/h6,16-17,20H,1-2,4,7-13H2,3,5H3,(H,21,22)/t16-,17+,19-/m1/s1. The van der Waals surface area contributed by atoms with Gasteiger partial charge < -0.3 is 10.4 Å². The van der Waals surface area contributed by atoms with Crippen LogP contribution in [0.2, 0.25) is 0 Å². The topological polar surface area (TPSA) is 49.3 Å². The van der Waals surface area contributed by atoms with Crippen LogP contribution >= 0.6 is 0 Å². The Morgan fingerprint density at radius 1 is 1.45 bits per heavy atom. The Bertz CT molecular complexity index is 441. The van der Waals surface area contributed by atoms with E-state index in [4.69, 9.17) is 5.11 Å². The van der Waals surface area contributed by atoms with Gasteiger partial charge >= 0.3 is 5.97 Å². The van der Waals surface area contributed by atoms with Crippen LogP contribution in [0.5, 0.6) is 0 Å². The molecule has 1 saturated carbocycles. The zero-order valence-electron chi connectivity index (χ0n) is 14.2. The third kappa shape index (κ3) is 5.13. The van der Waals surface area contributed by atoms with Crippen molar-refractivity contribution in [3.05, 3.63) is 37.0 Å². The Morgan fingerprint density at radius 3 is 2.68 bits per heavy atom. The van der Waals surface area contributed by atoms with E-state index in [1.165, 1.54) is 11.1 Å². The molecule has 0 aliphatic heterocycles. The van der Waals surface area contributed by atoms with Crippen LogP contribution in [0.1, 0.15) is 46.0 Å². The minimum absolute atomic E-state index is 0.150. The summed E-state index contributed by atoms with van der Waals surface area (Å²) < 4.78 is 0. The molecular weight excluding hydrogens is 274 g/mol. The summed E-state index contributed by atoms with van der Waals surface area (Å²) >= 11 is 0. The summed E-state index contributed by atoms with van der Waals surface area (Å²) in [6, 6.07) is 0. The van der Waals surface area contributed by atoms with Crippen molar-refractivity contribution < 1.29 is 9.90 Å². The Kier molecular flexibility index (Phi) is 7.08. The maximum atomic E-state index is 10.5. The van der Waals surface area contributed by atoms with E-state index in [1.807, 2.05) is 0 Å². The van der Waals surface area contributed by atoms with Gasteiger partial charge in [0, 0.05) is 13.0 Å². The summed E-state index contributed by atoms with van der Waals surface area (Å²) in [6.45, 7) is 18.3. The lowest BCUT2D eigenvalue weighted by Gasteiger charge is -2.44. The lowest BCUT2D eigenvalue weighted by Crippen LogP contribution is -2.35. The van der Waals surface area contributed by atoms with Crippen molar-refractivity contribution in [1.82, 2.24) is 5.32 Å². The summed E-state index contributed by atoms with van der Waals surface area (Å²) in [7, 11) is 0. The second kappa shape index (κ2) is 8.33. The van der Waals surface area contributed by atoms with Gasteiger partial charge in [-0.25, -0.2) is 0 Å². The molecule has 0 saturated heterocycles. The predicted octanol–water partition coefficient (Wildman–Crippen LogP) is 4.18. The van der Waals surface area contributed by atoms with Crippen LogP contribution in [-0.4, -0.2) is 24.2 Å². The first kappa shape index (κ1) is 18.7. The summed E-state index contributed by atoms with van der Waals surface area (Å²) in [5.41, 5.74) is 2.61. The normalized spacial score (nSPS) is 28.1. The Balaban J connectivity index is 2.46. The van der Waals surface area contributed by atoms with Crippen LogP contribution in [0.4, 0.5) is 0 Å². The molecule has 0 heterocycles. The fourth-order valence-electron chi connectivity index (χ4n) is 3.47. The molecular formula is C19H31NO2. The maximum absolute atomic E-state index is 10.5. The Hall–Kier alpha value is -1.35. The molecule has 1 fully saturated rings. The van der Waals surface area contributed by atoms with Gasteiger partial charge in [-0.2, -0.15) is 0 Å². The van der Waals surface area contributed by atoms with Crippen LogP contribution in [-0.2, 0) is 4.79 Å². The molecule has 3 heteroatoms. The SMILES string of the molecule is C=C[C@]1(C)CC[C@@H](C(=C)CNCCCC(=O)O)C[C@H]1C(=C)C. The second-order valence-electron chi connectivity index (χ2n) is 6.91. The van der Waals surface area contributed by atoms with Crippen LogP contribution in [0.15, 0.2) is 37.0 Å². The van der Waals surface area contributed by atoms with Crippen molar-refractivity contribution >= 4 is 5.97 Å². The number of carboxylic acids is 1. The van der Waals surface area contributed by atoms with E-state index in [-0.39, 0.29) is 11.8 Å². The summed E-state index contributed by atoms with van der Waals surface area (Å²) in [5, 5.41) is 11.9. The highest BCUT2D eigenvalue weighted by Crippen LogP contribution is 2.48. The highest BCUT2D eigenvalue weighted by molar-refractivity contribution is 5.66. The molecule has 1 aliphatic carbocycles. The average Bonchev–Trinajstić information content (AvgIpc) is 2.46.